The largest absolute Gasteiger partial charge is 0.460 e. The maximum Gasteiger partial charge on any atom is 0.407 e. The van der Waals surface area contributed by atoms with E-state index in [0.29, 0.717) is 6.42 Å². The van der Waals surface area contributed by atoms with Gasteiger partial charge in [0.2, 0.25) is 11.8 Å². The Kier molecular flexibility index (Phi) is 11.1. The molecule has 3 aromatic carbocycles. The summed E-state index contributed by atoms with van der Waals surface area (Å²) in [5.74, 6) is -1.73. The number of amides is 3. The van der Waals surface area contributed by atoms with Gasteiger partial charge in [0.1, 0.15) is 25.8 Å². The number of ether oxygens (including phenoxy) is 2. The molecule has 1 atom stereocenters. The fourth-order valence-electron chi connectivity index (χ4n) is 4.96. The summed E-state index contributed by atoms with van der Waals surface area (Å²) in [6.07, 6.45) is 2.26. The van der Waals surface area contributed by atoms with Crippen molar-refractivity contribution in [1.82, 2.24) is 16.0 Å². The number of esters is 1. The third-order valence-electron chi connectivity index (χ3n) is 7.14. The maximum atomic E-state index is 12.9. The predicted octanol–water partition coefficient (Wildman–Crippen LogP) is 4.45. The lowest BCUT2D eigenvalue weighted by atomic mass is 9.98. The first-order chi connectivity index (χ1) is 20.5. The van der Waals surface area contributed by atoms with E-state index in [2.05, 4.69) is 28.1 Å². The lowest BCUT2D eigenvalue weighted by molar-refractivity contribution is -0.145. The van der Waals surface area contributed by atoms with Crippen LogP contribution in [0.3, 0.4) is 0 Å². The van der Waals surface area contributed by atoms with Crippen molar-refractivity contribution in [1.29, 1.82) is 0 Å². The Morgan fingerprint density at radius 1 is 0.762 bits per heavy atom. The van der Waals surface area contributed by atoms with E-state index in [1.807, 2.05) is 73.7 Å². The van der Waals surface area contributed by atoms with Gasteiger partial charge in [-0.1, -0.05) is 105 Å². The highest BCUT2D eigenvalue weighted by molar-refractivity contribution is 5.90. The number of benzene rings is 3. The summed E-state index contributed by atoms with van der Waals surface area (Å²) in [6, 6.07) is 24.4. The molecule has 0 bridgehead atoms. The van der Waals surface area contributed by atoms with E-state index in [-0.39, 0.29) is 32.2 Å². The van der Waals surface area contributed by atoms with Crippen LogP contribution < -0.4 is 16.0 Å². The van der Waals surface area contributed by atoms with Crippen LogP contribution in [0, 0.1) is 0 Å². The van der Waals surface area contributed by atoms with Gasteiger partial charge in [-0.25, -0.2) is 4.79 Å². The minimum Gasteiger partial charge on any atom is -0.460 e. The number of unbranched alkanes of at least 4 members (excludes halogenated alkanes) is 2. The summed E-state index contributed by atoms with van der Waals surface area (Å²) in [6.45, 7) is 1.61. The molecule has 3 amide bonds. The van der Waals surface area contributed by atoms with Crippen LogP contribution in [0.1, 0.15) is 55.2 Å². The second kappa shape index (κ2) is 15.4. The van der Waals surface area contributed by atoms with Crippen LogP contribution in [-0.2, 0) is 30.5 Å². The Bertz CT molecular complexity index is 1330. The van der Waals surface area contributed by atoms with Crippen molar-refractivity contribution in [3.05, 3.63) is 95.6 Å². The van der Waals surface area contributed by atoms with Crippen molar-refractivity contribution in [3.8, 4) is 11.1 Å². The van der Waals surface area contributed by atoms with E-state index >= 15 is 0 Å². The number of carbonyl (C=O) groups is 4. The van der Waals surface area contributed by atoms with Crippen molar-refractivity contribution in [2.24, 2.45) is 0 Å². The minimum absolute atomic E-state index is 0.0985. The Hall–Kier alpha value is -4.66. The molecule has 0 fully saturated rings. The summed E-state index contributed by atoms with van der Waals surface area (Å²) in [5, 5.41) is 7.65. The van der Waals surface area contributed by atoms with Crippen molar-refractivity contribution in [2.45, 2.75) is 51.2 Å². The second-order valence-corrected chi connectivity index (χ2v) is 10.2. The van der Waals surface area contributed by atoms with Gasteiger partial charge in [0, 0.05) is 5.92 Å². The van der Waals surface area contributed by atoms with E-state index in [1.54, 1.807) is 0 Å². The number of carbonyl (C=O) groups excluding carboxylic acids is 4. The van der Waals surface area contributed by atoms with Gasteiger partial charge in [0.15, 0.2) is 0 Å². The van der Waals surface area contributed by atoms with E-state index < -0.39 is 29.9 Å². The Balaban J connectivity index is 1.24. The summed E-state index contributed by atoms with van der Waals surface area (Å²) < 4.78 is 10.7. The van der Waals surface area contributed by atoms with Gasteiger partial charge in [-0.15, -0.1) is 0 Å². The lowest BCUT2D eigenvalue weighted by Crippen LogP contribution is -2.49. The third kappa shape index (κ3) is 8.42. The molecule has 0 spiro atoms. The van der Waals surface area contributed by atoms with Crippen LogP contribution in [-0.4, -0.2) is 49.6 Å². The Morgan fingerprint density at radius 3 is 2.07 bits per heavy atom. The van der Waals surface area contributed by atoms with Gasteiger partial charge in [-0.2, -0.15) is 0 Å². The molecule has 9 nitrogen and oxygen atoms in total. The van der Waals surface area contributed by atoms with E-state index in [4.69, 9.17) is 9.47 Å². The number of alkyl carbamates (subject to hydrolysis) is 1. The first-order valence-electron chi connectivity index (χ1n) is 14.3. The third-order valence-corrected chi connectivity index (χ3v) is 7.14. The fraction of sp³-hybridized carbons (Fsp3) is 0.333. The van der Waals surface area contributed by atoms with Crippen LogP contribution in [0.4, 0.5) is 4.79 Å². The van der Waals surface area contributed by atoms with Crippen LogP contribution in [0.5, 0.6) is 0 Å². The first-order valence-corrected chi connectivity index (χ1v) is 14.3. The highest BCUT2D eigenvalue weighted by Gasteiger charge is 2.29. The minimum atomic E-state index is -0.865. The van der Waals surface area contributed by atoms with Gasteiger partial charge in [-0.3, -0.25) is 14.4 Å². The number of hydrogen-bond acceptors (Lipinski definition) is 6. The SMILES string of the molecule is CCCCC[C@H](NC(=O)OCC1c2ccccc2-c2ccccc21)C(=O)NCC(=O)NCC(=O)OCc1ccccc1. The molecule has 0 saturated heterocycles. The van der Waals surface area contributed by atoms with Crippen molar-refractivity contribution >= 4 is 23.9 Å². The molecule has 0 radical (unpaired) electrons. The smallest absolute Gasteiger partial charge is 0.407 e. The maximum absolute atomic E-state index is 12.9. The van der Waals surface area contributed by atoms with Gasteiger partial charge in [0.05, 0.1) is 6.54 Å². The summed E-state index contributed by atoms with van der Waals surface area (Å²) in [7, 11) is 0. The summed E-state index contributed by atoms with van der Waals surface area (Å²) in [5.41, 5.74) is 5.28. The number of fused-ring (bicyclic) bond motifs is 3. The zero-order chi connectivity index (χ0) is 29.7. The highest BCUT2D eigenvalue weighted by Crippen LogP contribution is 2.44. The van der Waals surface area contributed by atoms with Crippen LogP contribution in [0.2, 0.25) is 0 Å². The molecular formula is C33H37N3O6. The molecule has 220 valence electrons. The van der Waals surface area contributed by atoms with Gasteiger partial charge in [0.25, 0.3) is 0 Å². The molecule has 0 heterocycles. The molecule has 3 aromatic rings. The average molecular weight is 572 g/mol. The fourth-order valence-corrected chi connectivity index (χ4v) is 4.96. The number of nitrogens with one attached hydrogen (secondary N) is 3. The molecular weight excluding hydrogens is 534 g/mol. The van der Waals surface area contributed by atoms with Crippen LogP contribution in [0.15, 0.2) is 78.9 Å². The monoisotopic (exact) mass is 571 g/mol. The topological polar surface area (TPSA) is 123 Å². The number of hydrogen-bond donors (Lipinski definition) is 3. The molecule has 0 aliphatic heterocycles. The molecule has 3 N–H and O–H groups in total. The van der Waals surface area contributed by atoms with Crippen molar-refractivity contribution in [3.63, 3.8) is 0 Å². The normalized spacial score (nSPS) is 12.4. The van der Waals surface area contributed by atoms with E-state index in [1.165, 1.54) is 0 Å². The Labute approximate surface area is 246 Å². The molecule has 0 aromatic heterocycles. The number of rotatable bonds is 14. The molecule has 0 saturated carbocycles. The molecule has 4 rings (SSSR count). The predicted molar refractivity (Wildman–Crippen MR) is 158 cm³/mol. The molecule has 1 aliphatic carbocycles. The standard InChI is InChI=1S/C33H37N3O6/c1-2-3-5-18-29(32(39)35-19-30(37)34-20-31(38)41-21-23-12-6-4-7-13-23)36-33(40)42-22-28-26-16-10-8-14-24(26)25-15-9-11-17-27(25)28/h4,6-17,28-29H,2-3,5,18-22H2,1H3,(H,34,37)(H,35,39)(H,36,40)/t29-/m0/s1. The van der Waals surface area contributed by atoms with Gasteiger partial charge >= 0.3 is 12.1 Å². The van der Waals surface area contributed by atoms with Crippen molar-refractivity contribution < 1.29 is 28.7 Å². The second-order valence-electron chi connectivity index (χ2n) is 10.2. The molecule has 9 heteroatoms. The summed E-state index contributed by atoms with van der Waals surface area (Å²) >= 11 is 0. The van der Waals surface area contributed by atoms with Gasteiger partial charge in [-0.05, 0) is 34.2 Å². The van der Waals surface area contributed by atoms with Crippen LogP contribution in [0.25, 0.3) is 11.1 Å². The molecule has 42 heavy (non-hydrogen) atoms. The molecule has 0 unspecified atom stereocenters. The highest BCUT2D eigenvalue weighted by atomic mass is 16.5. The average Bonchev–Trinajstić information content (AvgIpc) is 3.34. The Morgan fingerprint density at radius 2 is 1.40 bits per heavy atom. The first kappa shape index (κ1) is 30.3. The van der Waals surface area contributed by atoms with E-state index in [9.17, 15) is 19.2 Å². The quantitative estimate of drug-likeness (QED) is 0.194. The van der Waals surface area contributed by atoms with Crippen LogP contribution >= 0.6 is 0 Å². The zero-order valence-corrected chi connectivity index (χ0v) is 23.8. The van der Waals surface area contributed by atoms with Gasteiger partial charge < -0.3 is 25.4 Å². The lowest BCUT2D eigenvalue weighted by Gasteiger charge is -2.20. The van der Waals surface area contributed by atoms with Crippen molar-refractivity contribution in [2.75, 3.05) is 19.7 Å². The van der Waals surface area contributed by atoms with E-state index in [0.717, 1.165) is 47.1 Å². The zero-order valence-electron chi connectivity index (χ0n) is 23.8. The summed E-state index contributed by atoms with van der Waals surface area (Å²) in [4.78, 5) is 49.9. The molecule has 1 aliphatic rings.